The normalized spacial score (nSPS) is 11.2. The predicted octanol–water partition coefficient (Wildman–Crippen LogP) is 11.2. The summed E-state index contributed by atoms with van der Waals surface area (Å²) in [6.45, 7) is 3.40. The molecule has 0 spiro atoms. The zero-order valence-electron chi connectivity index (χ0n) is 30.1. The third-order valence-corrected chi connectivity index (χ3v) is 9.70. The molecule has 8 aromatic carbocycles. The van der Waals surface area contributed by atoms with Gasteiger partial charge in [-0.1, -0.05) is 121 Å². The Morgan fingerprint density at radius 3 is 1.22 bits per heavy atom. The Morgan fingerprint density at radius 2 is 0.815 bits per heavy atom. The largest absolute Gasteiger partial charge is 0.481 e. The summed E-state index contributed by atoms with van der Waals surface area (Å²) in [4.78, 5) is 26.1. The molecule has 0 aliphatic carbocycles. The van der Waals surface area contributed by atoms with Crippen LogP contribution in [0.3, 0.4) is 0 Å². The lowest BCUT2D eigenvalue weighted by Gasteiger charge is -2.25. The molecule has 0 aliphatic heterocycles. The van der Waals surface area contributed by atoms with Crippen molar-refractivity contribution in [2.45, 2.75) is 13.8 Å². The summed E-state index contributed by atoms with van der Waals surface area (Å²) in [5, 5.41) is 7.83. The first-order chi connectivity index (χ1) is 26.6. The Kier molecular flexibility index (Phi) is 9.65. The van der Waals surface area contributed by atoms with E-state index in [2.05, 4.69) is 72.8 Å². The number of fused-ring (bicyclic) bond motifs is 6. The van der Waals surface area contributed by atoms with Crippen molar-refractivity contribution in [2.24, 2.45) is 0 Å². The lowest BCUT2D eigenvalue weighted by Crippen LogP contribution is -2.16. The minimum Gasteiger partial charge on any atom is -0.481 e. The van der Waals surface area contributed by atoms with Gasteiger partial charge in [0.25, 0.3) is 0 Å². The summed E-state index contributed by atoms with van der Waals surface area (Å²) in [6, 6.07) is 49.4. The third-order valence-electron chi connectivity index (χ3n) is 9.70. The highest BCUT2D eigenvalue weighted by atomic mass is 16.6. The summed E-state index contributed by atoms with van der Waals surface area (Å²) < 4.78 is 24.1. The van der Waals surface area contributed by atoms with Crippen LogP contribution in [0.15, 0.2) is 146 Å². The van der Waals surface area contributed by atoms with E-state index in [0.717, 1.165) is 76.5 Å². The molecule has 6 nitrogen and oxygen atoms in total. The molecular formula is C48H38O6. The van der Waals surface area contributed by atoms with Crippen LogP contribution in [0.5, 0.6) is 11.5 Å². The van der Waals surface area contributed by atoms with Crippen LogP contribution < -0.4 is 9.47 Å². The van der Waals surface area contributed by atoms with Gasteiger partial charge in [0.05, 0.1) is 13.2 Å². The van der Waals surface area contributed by atoms with Crippen molar-refractivity contribution in [3.63, 3.8) is 0 Å². The molecule has 6 heteroatoms. The SMILES string of the molecule is CCOC(=O)COc1c(-c2c(-c3ccccc3)cc3c(ccc4ccccc43)c2OCC(=O)OCC)c(-c2ccccc2)cc2c1ccc1ccccc12. The van der Waals surface area contributed by atoms with Crippen LogP contribution in [-0.4, -0.2) is 38.4 Å². The summed E-state index contributed by atoms with van der Waals surface area (Å²) >= 11 is 0. The fourth-order valence-electron chi connectivity index (χ4n) is 7.40. The zero-order chi connectivity index (χ0) is 37.0. The van der Waals surface area contributed by atoms with Crippen LogP contribution >= 0.6 is 0 Å². The van der Waals surface area contributed by atoms with Gasteiger partial charge < -0.3 is 18.9 Å². The molecule has 0 aliphatic rings. The Hall–Kier alpha value is -6.66. The van der Waals surface area contributed by atoms with Crippen LogP contribution in [0.2, 0.25) is 0 Å². The number of hydrogen-bond acceptors (Lipinski definition) is 6. The van der Waals surface area contributed by atoms with E-state index in [0.29, 0.717) is 11.5 Å². The number of rotatable bonds is 11. The topological polar surface area (TPSA) is 71.1 Å². The number of carbonyl (C=O) groups excluding carboxylic acids is 2. The summed E-state index contributed by atoms with van der Waals surface area (Å²) in [5.41, 5.74) is 5.07. The van der Waals surface area contributed by atoms with Crippen molar-refractivity contribution in [3.8, 4) is 44.9 Å². The second kappa shape index (κ2) is 15.1. The van der Waals surface area contributed by atoms with Crippen molar-refractivity contribution < 1.29 is 28.5 Å². The molecule has 0 fully saturated rings. The lowest BCUT2D eigenvalue weighted by molar-refractivity contribution is -0.146. The molecule has 0 N–H and O–H groups in total. The summed E-state index contributed by atoms with van der Waals surface area (Å²) in [7, 11) is 0. The van der Waals surface area contributed by atoms with Gasteiger partial charge in [-0.3, -0.25) is 0 Å². The van der Waals surface area contributed by atoms with Gasteiger partial charge in [0.2, 0.25) is 0 Å². The quantitative estimate of drug-likeness (QED) is 0.0983. The molecule has 8 aromatic rings. The smallest absolute Gasteiger partial charge is 0.344 e. The maximum Gasteiger partial charge on any atom is 0.344 e. The van der Waals surface area contributed by atoms with E-state index in [1.807, 2.05) is 72.8 Å². The zero-order valence-corrected chi connectivity index (χ0v) is 30.1. The first-order valence-corrected chi connectivity index (χ1v) is 18.2. The molecule has 0 amide bonds. The fourth-order valence-corrected chi connectivity index (χ4v) is 7.40. The fraction of sp³-hybridized carbons (Fsp3) is 0.125. The van der Waals surface area contributed by atoms with Crippen molar-refractivity contribution in [3.05, 3.63) is 146 Å². The van der Waals surface area contributed by atoms with Gasteiger partial charge in [-0.15, -0.1) is 0 Å². The maximum absolute atomic E-state index is 13.0. The van der Waals surface area contributed by atoms with Crippen LogP contribution in [-0.2, 0) is 19.1 Å². The number of hydrogen-bond donors (Lipinski definition) is 0. The van der Waals surface area contributed by atoms with E-state index in [9.17, 15) is 9.59 Å². The molecule has 54 heavy (non-hydrogen) atoms. The Bertz CT molecular complexity index is 2480. The Balaban J connectivity index is 1.57. The van der Waals surface area contributed by atoms with Crippen molar-refractivity contribution >= 4 is 55.0 Å². The van der Waals surface area contributed by atoms with Gasteiger partial charge in [-0.05, 0) is 92.7 Å². The van der Waals surface area contributed by atoms with Gasteiger partial charge in [-0.2, -0.15) is 0 Å². The van der Waals surface area contributed by atoms with Crippen LogP contribution in [0.25, 0.3) is 76.5 Å². The molecule has 8 rings (SSSR count). The predicted molar refractivity (Wildman–Crippen MR) is 217 cm³/mol. The molecule has 0 heterocycles. The van der Waals surface area contributed by atoms with Crippen molar-refractivity contribution in [1.29, 1.82) is 0 Å². The van der Waals surface area contributed by atoms with Gasteiger partial charge in [0.15, 0.2) is 13.2 Å². The van der Waals surface area contributed by atoms with Crippen molar-refractivity contribution in [2.75, 3.05) is 26.4 Å². The maximum atomic E-state index is 13.0. The van der Waals surface area contributed by atoms with Gasteiger partial charge >= 0.3 is 11.9 Å². The molecule has 0 radical (unpaired) electrons. The molecule has 0 aromatic heterocycles. The lowest BCUT2D eigenvalue weighted by atomic mass is 9.83. The van der Waals surface area contributed by atoms with Gasteiger partial charge in [-0.25, -0.2) is 9.59 Å². The Labute approximate surface area is 313 Å². The van der Waals surface area contributed by atoms with E-state index in [1.165, 1.54) is 0 Å². The van der Waals surface area contributed by atoms with Crippen LogP contribution in [0, 0.1) is 0 Å². The van der Waals surface area contributed by atoms with Gasteiger partial charge in [0, 0.05) is 21.9 Å². The minimum atomic E-state index is -0.477. The summed E-state index contributed by atoms with van der Waals surface area (Å²) in [5.74, 6) is 0.0519. The number of esters is 2. The van der Waals surface area contributed by atoms with Crippen LogP contribution in [0.4, 0.5) is 0 Å². The van der Waals surface area contributed by atoms with E-state index in [1.54, 1.807) is 13.8 Å². The highest BCUT2D eigenvalue weighted by molar-refractivity contribution is 6.19. The van der Waals surface area contributed by atoms with E-state index in [-0.39, 0.29) is 26.4 Å². The molecular weight excluding hydrogens is 673 g/mol. The van der Waals surface area contributed by atoms with Crippen molar-refractivity contribution in [1.82, 2.24) is 0 Å². The molecule has 0 saturated heterocycles. The van der Waals surface area contributed by atoms with Crippen LogP contribution in [0.1, 0.15) is 13.8 Å². The number of carbonyl (C=O) groups is 2. The standard InChI is InChI=1S/C48H38O6/c1-3-51-43(49)29-53-47-37-25-23-33-19-11-13-21-35(33)41(37)27-39(31-15-7-5-8-16-31)45(47)46-40(32-17-9-6-10-18-32)28-42-36-22-14-12-20-34(36)24-26-38(42)48(46)54-30-44(50)52-4-2/h5-28H,3-4,29-30H2,1-2H3. The molecule has 266 valence electrons. The van der Waals surface area contributed by atoms with Gasteiger partial charge in [0.1, 0.15) is 11.5 Å². The highest BCUT2D eigenvalue weighted by Crippen LogP contribution is 2.54. The molecule has 0 saturated carbocycles. The van der Waals surface area contributed by atoms with E-state index >= 15 is 0 Å². The van der Waals surface area contributed by atoms with E-state index < -0.39 is 11.9 Å². The second-order valence-electron chi connectivity index (χ2n) is 12.9. The van der Waals surface area contributed by atoms with E-state index in [4.69, 9.17) is 18.9 Å². The number of benzene rings is 8. The third kappa shape index (κ3) is 6.47. The molecule has 0 bridgehead atoms. The number of ether oxygens (including phenoxy) is 4. The minimum absolute atomic E-state index is 0.229. The molecule has 0 atom stereocenters. The first kappa shape index (κ1) is 34.4. The highest BCUT2D eigenvalue weighted by Gasteiger charge is 2.28. The average molecular weight is 711 g/mol. The average Bonchev–Trinajstić information content (AvgIpc) is 3.22. The first-order valence-electron chi connectivity index (χ1n) is 18.2. The monoisotopic (exact) mass is 710 g/mol. The Morgan fingerprint density at radius 1 is 0.426 bits per heavy atom. The second-order valence-corrected chi connectivity index (χ2v) is 12.9. The summed E-state index contributed by atoms with van der Waals surface area (Å²) in [6.07, 6.45) is 0. The molecule has 0 unspecified atom stereocenters.